The number of sulfonamides is 1. The van der Waals surface area contributed by atoms with Crippen LogP contribution in [0, 0.1) is 13.8 Å². The molecule has 0 spiro atoms. The number of alkyl halides is 6. The van der Waals surface area contributed by atoms with Crippen molar-refractivity contribution in [1.82, 2.24) is 8.19 Å². The van der Waals surface area contributed by atoms with Gasteiger partial charge in [0.15, 0.2) is 0 Å². The number of carbonyl (C=O) groups is 1. The highest BCUT2D eigenvalue weighted by Gasteiger charge is 2.55. The lowest BCUT2D eigenvalue weighted by Gasteiger charge is -2.24. The maximum absolute atomic E-state index is 14.2. The molecule has 1 atom stereocenters. The molecule has 17 heteroatoms. The van der Waals surface area contributed by atoms with Crippen LogP contribution in [0.3, 0.4) is 0 Å². The molecule has 0 N–H and O–H groups in total. The van der Waals surface area contributed by atoms with Gasteiger partial charge in [0.05, 0.1) is 26.4 Å². The van der Waals surface area contributed by atoms with Crippen molar-refractivity contribution in [3.8, 4) is 0 Å². The normalized spacial score (nSPS) is 16.3. The molecule has 0 bridgehead atoms. The van der Waals surface area contributed by atoms with Crippen molar-refractivity contribution in [2.75, 3.05) is 0 Å². The number of hydrogen-bond acceptors (Lipinski definition) is 6. The van der Waals surface area contributed by atoms with E-state index in [0.717, 1.165) is 9.54 Å². The van der Waals surface area contributed by atoms with Crippen LogP contribution in [0.1, 0.15) is 27.8 Å². The van der Waals surface area contributed by atoms with Crippen LogP contribution in [0.2, 0.25) is 0 Å². The van der Waals surface area contributed by atoms with Crippen LogP contribution in [-0.2, 0) is 48.3 Å². The fraction of sp³-hybridized carbons (Fsp3) is 0.182. The largest absolute Gasteiger partial charge is 0.514 e. The number of aromatic nitrogens is 1. The first-order chi connectivity index (χ1) is 23.3. The predicted octanol–water partition coefficient (Wildman–Crippen LogP) is 6.09. The Morgan fingerprint density at radius 1 is 0.720 bits per heavy atom. The van der Waals surface area contributed by atoms with Gasteiger partial charge in [-0.05, 0) is 61.3 Å². The van der Waals surface area contributed by atoms with Crippen LogP contribution in [0.25, 0.3) is 10.9 Å². The Kier molecular flexibility index (Phi) is 8.68. The van der Waals surface area contributed by atoms with E-state index in [1.165, 1.54) is 54.7 Å². The number of nitrogens with zero attached hydrogens (tertiary/aromatic N) is 2. The molecule has 5 aromatic rings. The van der Waals surface area contributed by atoms with Crippen LogP contribution in [0.5, 0.6) is 0 Å². The summed E-state index contributed by atoms with van der Waals surface area (Å²) in [4.78, 5) is 13.1. The molecule has 8 nitrogen and oxygen atoms in total. The summed E-state index contributed by atoms with van der Waals surface area (Å²) in [6.45, 7) is 3.43. The first-order valence-electron chi connectivity index (χ1n) is 14.8. The van der Waals surface area contributed by atoms with E-state index in [1.807, 2.05) is 0 Å². The third-order valence-electron chi connectivity index (χ3n) is 8.28. The van der Waals surface area contributed by atoms with Gasteiger partial charge in [-0.25, -0.2) is 20.8 Å². The van der Waals surface area contributed by atoms with Gasteiger partial charge in [-0.3, -0.25) is 4.79 Å². The molecule has 0 aliphatic carbocycles. The molecule has 1 fully saturated rings. The number of aryl methyl sites for hydroxylation is 2. The lowest BCUT2D eigenvalue weighted by molar-refractivity contribution is -0.143. The zero-order valence-electron chi connectivity index (χ0n) is 26.0. The Morgan fingerprint density at radius 2 is 1.22 bits per heavy atom. The quantitative estimate of drug-likeness (QED) is 0.148. The molecule has 0 amide bonds. The second-order valence-corrected chi connectivity index (χ2v) is 15.4. The summed E-state index contributed by atoms with van der Waals surface area (Å²) in [7, 11) is -11.4. The average Bonchev–Trinajstić information content (AvgIpc) is 3.59. The molecule has 4 aromatic carbocycles. The minimum absolute atomic E-state index is 0.0654. The summed E-state index contributed by atoms with van der Waals surface area (Å²) >= 11 is 0. The molecule has 0 saturated carbocycles. The fourth-order valence-electron chi connectivity index (χ4n) is 5.75. The minimum Gasteiger partial charge on any atom is -0.514 e. The second-order valence-electron chi connectivity index (χ2n) is 11.8. The Balaban J connectivity index is 1.52. The van der Waals surface area contributed by atoms with Crippen molar-refractivity contribution in [1.29, 1.82) is 0 Å². The Bertz CT molecular complexity index is 2310. The van der Waals surface area contributed by atoms with Gasteiger partial charge in [0.1, 0.15) is 6.04 Å². The third kappa shape index (κ3) is 6.40. The van der Waals surface area contributed by atoms with E-state index >= 15 is 0 Å². The summed E-state index contributed by atoms with van der Waals surface area (Å²) < 4.78 is 146. The highest BCUT2D eigenvalue weighted by molar-refractivity contribution is 7.90. The molecule has 50 heavy (non-hydrogen) atoms. The standard InChI is InChI=1S/C33H25BF6N2O6S2/c1-20-7-11-26(12-8-20)49(44,45)41-19-22(28-5-3-4-6-29(28)41)15-30-31(43)48-34(42(30)50(46,47)27-13-9-21(2)10-14-27)25-17-23(32(35,36)37)16-24(18-25)33(38,39)40/h3-14,16-19,30H,15H2,1-2H3/t30-/m0/s1. The van der Waals surface area contributed by atoms with E-state index in [-0.39, 0.29) is 22.0 Å². The first kappa shape index (κ1) is 35.2. The Morgan fingerprint density at radius 3 is 1.74 bits per heavy atom. The number of benzene rings is 4. The van der Waals surface area contributed by atoms with Crippen LogP contribution < -0.4 is 5.46 Å². The summed E-state index contributed by atoms with van der Waals surface area (Å²) in [6.07, 6.45) is -9.90. The molecular formula is C33H25BF6N2O6S2. The number of hydrogen-bond donors (Lipinski definition) is 0. The molecule has 1 aliphatic heterocycles. The topological polar surface area (TPSA) is 103 Å². The Labute approximate surface area is 283 Å². The van der Waals surface area contributed by atoms with Gasteiger partial charge < -0.3 is 4.65 Å². The van der Waals surface area contributed by atoms with Gasteiger partial charge in [0, 0.05) is 18.0 Å². The van der Waals surface area contributed by atoms with Gasteiger partial charge in [0.25, 0.3) is 10.0 Å². The summed E-state index contributed by atoms with van der Waals surface area (Å²) in [6, 6.07) is 16.0. The number of rotatable bonds is 7. The second kappa shape index (κ2) is 12.3. The summed E-state index contributed by atoms with van der Waals surface area (Å²) in [5.41, 5.74) is -2.61. The number of carbonyl (C=O) groups excluding carboxylic acids is 1. The van der Waals surface area contributed by atoms with Crippen molar-refractivity contribution >= 4 is 49.4 Å². The summed E-state index contributed by atoms with van der Waals surface area (Å²) in [5, 5.41) is 0.297. The number of halogens is 6. The predicted molar refractivity (Wildman–Crippen MR) is 171 cm³/mol. The molecular weight excluding hydrogens is 709 g/mol. The van der Waals surface area contributed by atoms with E-state index in [1.54, 1.807) is 38.1 Å². The maximum atomic E-state index is 14.2. The molecule has 2 heterocycles. The highest BCUT2D eigenvalue weighted by atomic mass is 32.2. The van der Waals surface area contributed by atoms with Crippen molar-refractivity contribution in [2.24, 2.45) is 0 Å². The van der Waals surface area contributed by atoms with Crippen molar-refractivity contribution in [3.63, 3.8) is 0 Å². The van der Waals surface area contributed by atoms with Gasteiger partial charge in [-0.15, -0.1) is 0 Å². The van der Waals surface area contributed by atoms with Crippen LogP contribution in [0.15, 0.2) is 107 Å². The third-order valence-corrected chi connectivity index (χ3v) is 11.8. The lowest BCUT2D eigenvalue weighted by atomic mass is 9.72. The molecule has 1 aromatic heterocycles. The smallest absolute Gasteiger partial charge is 0.502 e. The molecule has 0 radical (unpaired) electrons. The van der Waals surface area contributed by atoms with E-state index in [9.17, 15) is 48.0 Å². The van der Waals surface area contributed by atoms with Gasteiger partial charge in [0.2, 0.25) is 10.0 Å². The zero-order valence-corrected chi connectivity index (χ0v) is 27.7. The fourth-order valence-corrected chi connectivity index (χ4v) is 8.78. The van der Waals surface area contributed by atoms with Gasteiger partial charge >= 0.3 is 25.4 Å². The maximum Gasteiger partial charge on any atom is 0.502 e. The van der Waals surface area contributed by atoms with E-state index in [2.05, 4.69) is 0 Å². The minimum atomic E-state index is -5.27. The van der Waals surface area contributed by atoms with Crippen LogP contribution >= 0.6 is 0 Å². The van der Waals surface area contributed by atoms with Crippen molar-refractivity contribution in [2.45, 2.75) is 48.5 Å². The van der Waals surface area contributed by atoms with E-state index < -0.39 is 79.4 Å². The van der Waals surface area contributed by atoms with E-state index in [0.29, 0.717) is 27.3 Å². The van der Waals surface area contributed by atoms with Gasteiger partial charge in [-0.1, -0.05) is 65.7 Å². The zero-order chi connectivity index (χ0) is 36.4. The first-order valence-corrected chi connectivity index (χ1v) is 17.7. The molecule has 0 unspecified atom stereocenters. The number of para-hydroxylation sites is 1. The van der Waals surface area contributed by atoms with Crippen molar-refractivity contribution < 1.29 is 52.6 Å². The van der Waals surface area contributed by atoms with Crippen LogP contribution in [-0.4, -0.2) is 44.1 Å². The highest BCUT2D eigenvalue weighted by Crippen LogP contribution is 2.37. The monoisotopic (exact) mass is 734 g/mol. The molecule has 1 saturated heterocycles. The van der Waals surface area contributed by atoms with Crippen molar-refractivity contribution in [3.05, 3.63) is 125 Å². The molecule has 260 valence electrons. The average molecular weight is 735 g/mol. The molecule has 1 aliphatic rings. The van der Waals surface area contributed by atoms with E-state index in [4.69, 9.17) is 4.65 Å². The van der Waals surface area contributed by atoms with Gasteiger partial charge in [-0.2, -0.15) is 30.6 Å². The lowest BCUT2D eigenvalue weighted by Crippen LogP contribution is -2.52. The molecule has 6 rings (SSSR count). The SMILES string of the molecule is Cc1ccc(S(=O)(=O)N2B(c3cc(C(F)(F)F)cc(C(F)(F)F)c3)OC(=O)[C@@H]2Cc2cn(S(=O)(=O)c3ccc(C)cc3)c3ccccc23)cc1. The Hall–Kier alpha value is -4.61. The number of fused-ring (bicyclic) bond motifs is 1. The van der Waals surface area contributed by atoms with Crippen LogP contribution in [0.4, 0.5) is 26.3 Å². The summed E-state index contributed by atoms with van der Waals surface area (Å²) in [5.74, 6) is -1.27.